The Hall–Kier alpha value is -3.45. The third-order valence-electron chi connectivity index (χ3n) is 5.74. The van der Waals surface area contributed by atoms with Crippen molar-refractivity contribution < 1.29 is 4.74 Å². The monoisotopic (exact) mass is 431 g/mol. The molecule has 2 N–H and O–H groups in total. The van der Waals surface area contributed by atoms with Gasteiger partial charge in [-0.15, -0.1) is 0 Å². The van der Waals surface area contributed by atoms with Gasteiger partial charge in [0.2, 0.25) is 5.88 Å². The second-order valence-corrected chi connectivity index (χ2v) is 8.10. The van der Waals surface area contributed by atoms with E-state index in [0.717, 1.165) is 37.4 Å². The summed E-state index contributed by atoms with van der Waals surface area (Å²) in [6.07, 6.45) is 0. The largest absolute Gasteiger partial charge is 0.439 e. The molecule has 1 atom stereocenters. The van der Waals surface area contributed by atoms with Crippen LogP contribution >= 0.6 is 11.6 Å². The number of hydrogen-bond acceptors (Lipinski definition) is 6. The van der Waals surface area contributed by atoms with E-state index in [-0.39, 0.29) is 11.5 Å². The van der Waals surface area contributed by atoms with Gasteiger partial charge in [0.05, 0.1) is 17.6 Å². The van der Waals surface area contributed by atoms with Crippen LogP contribution in [0.4, 0.5) is 5.69 Å². The van der Waals surface area contributed by atoms with Crippen LogP contribution in [0.1, 0.15) is 17.0 Å². The van der Waals surface area contributed by atoms with Gasteiger partial charge in [-0.25, -0.2) is 0 Å². The molecule has 6 nitrogen and oxygen atoms in total. The first-order valence-electron chi connectivity index (χ1n) is 10.0. The van der Waals surface area contributed by atoms with Gasteiger partial charge in [0.25, 0.3) is 0 Å². The number of rotatable bonds is 3. The molecule has 0 aliphatic carbocycles. The first-order valence-corrected chi connectivity index (χ1v) is 10.4. The van der Waals surface area contributed by atoms with Gasteiger partial charge < -0.3 is 20.3 Å². The van der Waals surface area contributed by atoms with Crippen molar-refractivity contribution in [1.82, 2.24) is 4.90 Å². The maximum atomic E-state index is 9.99. The Balaban J connectivity index is 1.73. The molecule has 0 bridgehead atoms. The minimum atomic E-state index is -0.587. The van der Waals surface area contributed by atoms with Crippen molar-refractivity contribution in [1.29, 1.82) is 10.5 Å². The highest BCUT2D eigenvalue weighted by Crippen LogP contribution is 2.42. The Morgan fingerprint density at radius 2 is 1.55 bits per heavy atom. The number of hydrogen-bond donors (Lipinski definition) is 1. The first-order chi connectivity index (χ1) is 15.0. The average Bonchev–Trinajstić information content (AvgIpc) is 2.79. The van der Waals surface area contributed by atoms with E-state index in [9.17, 15) is 10.5 Å². The second-order valence-electron chi connectivity index (χ2n) is 7.67. The molecule has 0 aromatic heterocycles. The molecule has 4 rings (SSSR count). The van der Waals surface area contributed by atoms with E-state index in [1.54, 1.807) is 24.3 Å². The number of nitrogens with zero attached hydrogens (tertiary/aromatic N) is 4. The molecule has 7 heteroatoms. The lowest BCUT2D eigenvalue weighted by Crippen LogP contribution is -2.44. The van der Waals surface area contributed by atoms with Crippen LogP contribution in [0.5, 0.6) is 0 Å². The number of anilines is 1. The highest BCUT2D eigenvalue weighted by molar-refractivity contribution is 6.30. The van der Waals surface area contributed by atoms with Crippen LogP contribution in [-0.2, 0) is 4.74 Å². The normalized spacial score (nSPS) is 19.6. The highest BCUT2D eigenvalue weighted by Gasteiger charge is 2.33. The number of ether oxygens (including phenoxy) is 1. The maximum Gasteiger partial charge on any atom is 0.205 e. The van der Waals surface area contributed by atoms with Crippen molar-refractivity contribution in [2.75, 3.05) is 38.1 Å². The molecular formula is C24H22ClN5O. The van der Waals surface area contributed by atoms with Crippen LogP contribution in [-0.4, -0.2) is 38.1 Å². The summed E-state index contributed by atoms with van der Waals surface area (Å²) in [4.78, 5) is 4.64. The van der Waals surface area contributed by atoms with E-state index in [2.05, 4.69) is 29.0 Å². The molecular weight excluding hydrogens is 410 g/mol. The van der Waals surface area contributed by atoms with Crippen LogP contribution in [0, 0.1) is 22.7 Å². The Morgan fingerprint density at radius 3 is 2.13 bits per heavy atom. The number of likely N-dealkylation sites (N-methyl/N-ethyl adjacent to an activating group) is 1. The lowest BCUT2D eigenvalue weighted by Gasteiger charge is -2.34. The number of piperazine rings is 1. The first kappa shape index (κ1) is 20.8. The van der Waals surface area contributed by atoms with E-state index in [4.69, 9.17) is 22.1 Å². The minimum Gasteiger partial charge on any atom is -0.439 e. The van der Waals surface area contributed by atoms with E-state index in [0.29, 0.717) is 21.9 Å². The summed E-state index contributed by atoms with van der Waals surface area (Å²) in [5, 5.41) is 20.3. The van der Waals surface area contributed by atoms with Gasteiger partial charge in [0, 0.05) is 42.5 Å². The minimum absolute atomic E-state index is 0.0135. The summed E-state index contributed by atoms with van der Waals surface area (Å²) in [6.45, 7) is 3.97. The van der Waals surface area contributed by atoms with E-state index < -0.39 is 5.92 Å². The highest BCUT2D eigenvalue weighted by atomic mass is 35.5. The van der Waals surface area contributed by atoms with Gasteiger partial charge in [-0.3, -0.25) is 0 Å². The third-order valence-corrected chi connectivity index (χ3v) is 5.99. The fourth-order valence-electron chi connectivity index (χ4n) is 3.96. The fraction of sp³-hybridized carbons (Fsp3) is 0.250. The molecule has 0 spiro atoms. The van der Waals surface area contributed by atoms with Gasteiger partial charge in [-0.05, 0) is 49.0 Å². The molecule has 0 radical (unpaired) electrons. The smallest absolute Gasteiger partial charge is 0.205 e. The zero-order valence-corrected chi connectivity index (χ0v) is 17.9. The lowest BCUT2D eigenvalue weighted by atomic mass is 9.82. The van der Waals surface area contributed by atoms with E-state index in [1.807, 2.05) is 24.3 Å². The number of halogens is 1. The van der Waals surface area contributed by atoms with Crippen LogP contribution < -0.4 is 10.6 Å². The van der Waals surface area contributed by atoms with E-state index in [1.165, 1.54) is 0 Å². The second kappa shape index (κ2) is 8.73. The predicted molar refractivity (Wildman–Crippen MR) is 121 cm³/mol. The number of nitriles is 2. The van der Waals surface area contributed by atoms with Crippen molar-refractivity contribution in [2.24, 2.45) is 5.73 Å². The molecule has 2 aliphatic rings. The summed E-state index contributed by atoms with van der Waals surface area (Å²) in [6, 6.07) is 19.4. The van der Waals surface area contributed by atoms with Crippen LogP contribution in [0.3, 0.4) is 0 Å². The fourth-order valence-corrected chi connectivity index (χ4v) is 4.09. The summed E-state index contributed by atoms with van der Waals surface area (Å²) in [5.41, 5.74) is 9.32. The molecule has 2 aliphatic heterocycles. The number of nitrogens with two attached hydrogens (primary N) is 1. The Kier molecular flexibility index (Phi) is 5.86. The zero-order chi connectivity index (χ0) is 22.0. The topological polar surface area (TPSA) is 89.3 Å². The molecule has 31 heavy (non-hydrogen) atoms. The average molecular weight is 432 g/mol. The quantitative estimate of drug-likeness (QED) is 0.794. The van der Waals surface area contributed by atoms with Crippen molar-refractivity contribution in [3.63, 3.8) is 0 Å². The molecule has 1 unspecified atom stereocenters. The standard InChI is InChI=1S/C24H22ClN5O/c1-29-10-12-30(13-11-29)19-8-4-16(5-9-19)22-20(14-26)23(31-24(28)21(22)15-27)17-2-6-18(25)7-3-17/h2-9,22H,10-13,28H2,1H3. The Morgan fingerprint density at radius 1 is 0.935 bits per heavy atom. The maximum absolute atomic E-state index is 9.99. The van der Waals surface area contributed by atoms with Gasteiger partial charge >= 0.3 is 0 Å². The van der Waals surface area contributed by atoms with Crippen LogP contribution in [0.25, 0.3) is 5.76 Å². The van der Waals surface area contributed by atoms with Crippen molar-refractivity contribution in [2.45, 2.75) is 5.92 Å². The molecule has 2 aromatic carbocycles. The van der Waals surface area contributed by atoms with E-state index >= 15 is 0 Å². The van der Waals surface area contributed by atoms with Crippen molar-refractivity contribution >= 4 is 23.0 Å². The van der Waals surface area contributed by atoms with Gasteiger partial charge in [0.15, 0.2) is 5.76 Å². The molecule has 1 saturated heterocycles. The summed E-state index contributed by atoms with van der Waals surface area (Å²) >= 11 is 6.00. The summed E-state index contributed by atoms with van der Waals surface area (Å²) in [5.74, 6) is -0.223. The lowest BCUT2D eigenvalue weighted by molar-refractivity contribution is 0.313. The summed E-state index contributed by atoms with van der Waals surface area (Å²) < 4.78 is 5.74. The zero-order valence-electron chi connectivity index (χ0n) is 17.2. The molecule has 2 heterocycles. The molecule has 1 fully saturated rings. The third kappa shape index (κ3) is 4.09. The molecule has 156 valence electrons. The SMILES string of the molecule is CN1CCN(c2ccc(C3C(C#N)=C(N)OC(c4ccc(Cl)cc4)=C3C#N)cc2)CC1. The molecule has 0 saturated carbocycles. The predicted octanol–water partition coefficient (Wildman–Crippen LogP) is 3.83. The Bertz CT molecular complexity index is 1110. The van der Waals surface area contributed by atoms with Crippen LogP contribution in [0.15, 0.2) is 65.6 Å². The van der Waals surface area contributed by atoms with Crippen molar-refractivity contribution in [3.05, 3.63) is 81.7 Å². The summed E-state index contributed by atoms with van der Waals surface area (Å²) in [7, 11) is 2.12. The van der Waals surface area contributed by atoms with Gasteiger partial charge in [-0.1, -0.05) is 23.7 Å². The van der Waals surface area contributed by atoms with Gasteiger partial charge in [0.1, 0.15) is 11.6 Å². The molecule has 2 aromatic rings. The Labute approximate surface area is 187 Å². The van der Waals surface area contributed by atoms with Crippen LogP contribution in [0.2, 0.25) is 5.02 Å². The van der Waals surface area contributed by atoms with Gasteiger partial charge in [-0.2, -0.15) is 10.5 Å². The molecule has 0 amide bonds. The van der Waals surface area contributed by atoms with Crippen molar-refractivity contribution in [3.8, 4) is 12.1 Å². The number of allylic oxidation sites excluding steroid dienone is 2. The number of benzene rings is 2.